The zero-order valence-electron chi connectivity index (χ0n) is 18.0. The summed E-state index contributed by atoms with van der Waals surface area (Å²) in [7, 11) is 3.06. The SMILES string of the molecule is COc1cc(OC)c2c(=O)[nH]c(-c3cc(C)c(OC[C@@H]4CCC(=O)N4)c(C)c3)nc2c1. The molecule has 1 aliphatic heterocycles. The molecule has 3 aromatic rings. The summed E-state index contributed by atoms with van der Waals surface area (Å²) in [6.45, 7) is 4.33. The van der Waals surface area contributed by atoms with E-state index in [9.17, 15) is 9.59 Å². The van der Waals surface area contributed by atoms with Crippen molar-refractivity contribution in [3.05, 3.63) is 45.7 Å². The van der Waals surface area contributed by atoms with Gasteiger partial charge in [-0.2, -0.15) is 0 Å². The number of hydrogen-bond acceptors (Lipinski definition) is 6. The second-order valence-corrected chi connectivity index (χ2v) is 7.69. The number of aryl methyl sites for hydroxylation is 2. The number of rotatable bonds is 6. The molecule has 1 aliphatic rings. The largest absolute Gasteiger partial charge is 0.497 e. The highest BCUT2D eigenvalue weighted by Gasteiger charge is 2.22. The van der Waals surface area contributed by atoms with Crippen LogP contribution >= 0.6 is 0 Å². The molecular formula is C23H25N3O5. The van der Waals surface area contributed by atoms with Crippen molar-refractivity contribution in [2.75, 3.05) is 20.8 Å². The quantitative estimate of drug-likeness (QED) is 0.632. The summed E-state index contributed by atoms with van der Waals surface area (Å²) in [5, 5.41) is 3.28. The van der Waals surface area contributed by atoms with Crippen molar-refractivity contribution < 1.29 is 19.0 Å². The van der Waals surface area contributed by atoms with E-state index in [1.54, 1.807) is 19.2 Å². The molecule has 0 bridgehead atoms. The Morgan fingerprint density at radius 3 is 2.42 bits per heavy atom. The molecule has 1 atom stereocenters. The Hall–Kier alpha value is -3.55. The molecule has 2 heterocycles. The van der Waals surface area contributed by atoms with E-state index in [4.69, 9.17) is 14.2 Å². The Labute approximate surface area is 179 Å². The average Bonchev–Trinajstić information content (AvgIpc) is 3.16. The van der Waals surface area contributed by atoms with Crippen molar-refractivity contribution in [1.82, 2.24) is 15.3 Å². The highest BCUT2D eigenvalue weighted by Crippen LogP contribution is 2.31. The predicted octanol–water partition coefficient (Wildman–Crippen LogP) is 2.88. The maximum Gasteiger partial charge on any atom is 0.262 e. The molecule has 0 saturated carbocycles. The highest BCUT2D eigenvalue weighted by molar-refractivity contribution is 5.87. The van der Waals surface area contributed by atoms with Crippen molar-refractivity contribution in [3.63, 3.8) is 0 Å². The van der Waals surface area contributed by atoms with Gasteiger partial charge in [-0.05, 0) is 43.5 Å². The van der Waals surface area contributed by atoms with Crippen LogP contribution in [0.25, 0.3) is 22.3 Å². The van der Waals surface area contributed by atoms with Gasteiger partial charge in [0.2, 0.25) is 5.91 Å². The first-order valence-electron chi connectivity index (χ1n) is 10.1. The van der Waals surface area contributed by atoms with Gasteiger partial charge in [0.25, 0.3) is 5.56 Å². The molecule has 1 fully saturated rings. The first-order valence-corrected chi connectivity index (χ1v) is 10.1. The fraction of sp³-hybridized carbons (Fsp3) is 0.348. The number of nitrogens with one attached hydrogen (secondary N) is 2. The molecule has 1 saturated heterocycles. The van der Waals surface area contributed by atoms with Crippen LogP contribution in [-0.2, 0) is 4.79 Å². The van der Waals surface area contributed by atoms with E-state index in [-0.39, 0.29) is 17.5 Å². The van der Waals surface area contributed by atoms with Crippen LogP contribution in [0, 0.1) is 13.8 Å². The lowest BCUT2D eigenvalue weighted by molar-refractivity contribution is -0.119. The van der Waals surface area contributed by atoms with Crippen LogP contribution in [0.4, 0.5) is 0 Å². The third-order valence-electron chi connectivity index (χ3n) is 5.45. The van der Waals surface area contributed by atoms with Gasteiger partial charge in [-0.3, -0.25) is 9.59 Å². The summed E-state index contributed by atoms with van der Waals surface area (Å²) in [6.07, 6.45) is 1.33. The minimum absolute atomic E-state index is 0.0365. The number of methoxy groups -OCH3 is 2. The lowest BCUT2D eigenvalue weighted by Gasteiger charge is -2.17. The summed E-state index contributed by atoms with van der Waals surface area (Å²) >= 11 is 0. The van der Waals surface area contributed by atoms with Crippen LogP contribution in [0.15, 0.2) is 29.1 Å². The lowest BCUT2D eigenvalue weighted by atomic mass is 10.0. The van der Waals surface area contributed by atoms with Crippen molar-refractivity contribution in [1.29, 1.82) is 0 Å². The first-order chi connectivity index (χ1) is 14.9. The van der Waals surface area contributed by atoms with E-state index in [2.05, 4.69) is 15.3 Å². The van der Waals surface area contributed by atoms with E-state index in [0.29, 0.717) is 41.3 Å². The second-order valence-electron chi connectivity index (χ2n) is 7.69. The standard InChI is InChI=1S/C23H25N3O5/c1-12-7-14(8-13(2)21(12)31-11-15-5-6-19(27)24-15)22-25-17-9-16(29-3)10-18(30-4)20(17)23(28)26-22/h7-10,15H,5-6,11H2,1-4H3,(H,24,27)(H,25,26,28)/t15-/m0/s1. The van der Waals surface area contributed by atoms with Gasteiger partial charge >= 0.3 is 0 Å². The van der Waals surface area contributed by atoms with Gasteiger partial charge in [-0.1, -0.05) is 0 Å². The van der Waals surface area contributed by atoms with Crippen LogP contribution in [0.5, 0.6) is 17.2 Å². The molecule has 31 heavy (non-hydrogen) atoms. The molecule has 0 aliphatic carbocycles. The normalized spacial score (nSPS) is 15.7. The molecule has 1 amide bonds. The van der Waals surface area contributed by atoms with Crippen LogP contribution in [-0.4, -0.2) is 42.7 Å². The Bertz CT molecular complexity index is 1190. The van der Waals surface area contributed by atoms with E-state index in [1.807, 2.05) is 26.0 Å². The molecule has 0 spiro atoms. The van der Waals surface area contributed by atoms with Crippen molar-refractivity contribution in [2.45, 2.75) is 32.7 Å². The number of amides is 1. The molecule has 0 radical (unpaired) electrons. The Balaban J connectivity index is 1.69. The molecule has 8 nitrogen and oxygen atoms in total. The highest BCUT2D eigenvalue weighted by atomic mass is 16.5. The van der Waals surface area contributed by atoms with Gasteiger partial charge in [0.1, 0.15) is 35.1 Å². The molecule has 162 valence electrons. The number of ether oxygens (including phenoxy) is 3. The molecule has 1 aromatic heterocycles. The Kier molecular flexibility index (Phi) is 5.54. The Morgan fingerprint density at radius 1 is 1.06 bits per heavy atom. The molecule has 8 heteroatoms. The molecule has 2 N–H and O–H groups in total. The van der Waals surface area contributed by atoms with Crippen LogP contribution in [0.3, 0.4) is 0 Å². The minimum atomic E-state index is -0.285. The smallest absolute Gasteiger partial charge is 0.262 e. The summed E-state index contributed by atoms with van der Waals surface area (Å²) in [4.78, 5) is 31.7. The first kappa shape index (κ1) is 20.7. The van der Waals surface area contributed by atoms with Gasteiger partial charge in [0, 0.05) is 24.1 Å². The minimum Gasteiger partial charge on any atom is -0.497 e. The zero-order chi connectivity index (χ0) is 22.1. The third kappa shape index (κ3) is 4.05. The van der Waals surface area contributed by atoms with Gasteiger partial charge in [-0.25, -0.2) is 4.98 Å². The lowest BCUT2D eigenvalue weighted by Crippen LogP contribution is -2.31. The van der Waals surface area contributed by atoms with Gasteiger partial charge < -0.3 is 24.5 Å². The zero-order valence-corrected chi connectivity index (χ0v) is 18.0. The fourth-order valence-electron chi connectivity index (χ4n) is 3.93. The molecule has 0 unspecified atom stereocenters. The van der Waals surface area contributed by atoms with Gasteiger partial charge in [-0.15, -0.1) is 0 Å². The number of carbonyl (C=O) groups is 1. The van der Waals surface area contributed by atoms with Crippen molar-refractivity contribution in [3.8, 4) is 28.6 Å². The van der Waals surface area contributed by atoms with Crippen LogP contribution in [0.1, 0.15) is 24.0 Å². The maximum atomic E-state index is 12.8. The number of carbonyl (C=O) groups excluding carboxylic acids is 1. The fourth-order valence-corrected chi connectivity index (χ4v) is 3.93. The third-order valence-corrected chi connectivity index (χ3v) is 5.45. The summed E-state index contributed by atoms with van der Waals surface area (Å²) in [5.74, 6) is 2.26. The number of aromatic nitrogens is 2. The average molecular weight is 423 g/mol. The number of nitrogens with zero attached hydrogens (tertiary/aromatic N) is 1. The molecule has 4 rings (SSSR count). The number of benzene rings is 2. The number of fused-ring (bicyclic) bond motifs is 1. The summed E-state index contributed by atoms with van der Waals surface area (Å²) in [5.41, 5.74) is 2.82. The monoisotopic (exact) mass is 423 g/mol. The van der Waals surface area contributed by atoms with Gasteiger partial charge in [0.05, 0.1) is 25.8 Å². The van der Waals surface area contributed by atoms with Crippen LogP contribution < -0.4 is 25.1 Å². The van der Waals surface area contributed by atoms with Crippen LogP contribution in [0.2, 0.25) is 0 Å². The van der Waals surface area contributed by atoms with E-state index >= 15 is 0 Å². The summed E-state index contributed by atoms with van der Waals surface area (Å²) in [6, 6.07) is 7.26. The Morgan fingerprint density at radius 2 is 1.81 bits per heavy atom. The number of H-pyrrole nitrogens is 1. The van der Waals surface area contributed by atoms with Crippen molar-refractivity contribution >= 4 is 16.8 Å². The van der Waals surface area contributed by atoms with Crippen molar-refractivity contribution in [2.24, 2.45) is 0 Å². The second kappa shape index (κ2) is 8.29. The maximum absolute atomic E-state index is 12.8. The molecule has 2 aromatic carbocycles. The topological polar surface area (TPSA) is 103 Å². The van der Waals surface area contributed by atoms with E-state index < -0.39 is 0 Å². The van der Waals surface area contributed by atoms with E-state index in [0.717, 1.165) is 28.9 Å². The van der Waals surface area contributed by atoms with E-state index in [1.165, 1.54) is 7.11 Å². The molecular weight excluding hydrogens is 398 g/mol. The number of hydrogen-bond donors (Lipinski definition) is 2. The summed E-state index contributed by atoms with van der Waals surface area (Å²) < 4.78 is 16.7. The number of aromatic amines is 1. The van der Waals surface area contributed by atoms with Gasteiger partial charge in [0.15, 0.2) is 0 Å². The predicted molar refractivity (Wildman–Crippen MR) is 117 cm³/mol.